The Labute approximate surface area is 175 Å². The number of aromatic nitrogens is 2. The van der Waals surface area contributed by atoms with Gasteiger partial charge in [0, 0.05) is 12.4 Å². The molecule has 142 valence electrons. The monoisotopic (exact) mass is 429 g/mol. The first-order valence-corrected chi connectivity index (χ1v) is 10.6. The molecule has 0 aliphatic rings. The number of benzene rings is 1. The number of para-hydroxylation sites is 1. The summed E-state index contributed by atoms with van der Waals surface area (Å²) < 4.78 is 7.24. The van der Waals surface area contributed by atoms with Crippen LogP contribution in [-0.4, -0.2) is 22.5 Å². The highest BCUT2D eigenvalue weighted by Gasteiger charge is 2.24. The van der Waals surface area contributed by atoms with Crippen molar-refractivity contribution in [2.75, 3.05) is 11.5 Å². The van der Waals surface area contributed by atoms with Gasteiger partial charge in [0.1, 0.15) is 11.3 Å². The Balaban J connectivity index is 1.77. The van der Waals surface area contributed by atoms with Gasteiger partial charge < -0.3 is 4.74 Å². The van der Waals surface area contributed by atoms with Crippen LogP contribution >= 0.6 is 34.3 Å². The first-order valence-electron chi connectivity index (χ1n) is 8.64. The average molecular weight is 430 g/mol. The molecule has 0 saturated carbocycles. The molecule has 28 heavy (non-hydrogen) atoms. The van der Waals surface area contributed by atoms with E-state index in [4.69, 9.17) is 21.3 Å². The Morgan fingerprint density at radius 1 is 1.14 bits per heavy atom. The van der Waals surface area contributed by atoms with Crippen molar-refractivity contribution in [3.05, 3.63) is 69.6 Å². The summed E-state index contributed by atoms with van der Waals surface area (Å²) in [4.78, 5) is 24.3. The van der Waals surface area contributed by atoms with Crippen molar-refractivity contribution in [3.63, 3.8) is 0 Å². The number of amides is 1. The van der Waals surface area contributed by atoms with Gasteiger partial charge in [0.2, 0.25) is 0 Å². The first-order chi connectivity index (χ1) is 13.7. The molecule has 3 aromatic heterocycles. The number of pyridine rings is 1. The van der Waals surface area contributed by atoms with Crippen molar-refractivity contribution in [1.29, 1.82) is 0 Å². The van der Waals surface area contributed by atoms with Gasteiger partial charge in [0.15, 0.2) is 5.13 Å². The van der Waals surface area contributed by atoms with Gasteiger partial charge in [0.05, 0.1) is 27.1 Å². The lowest BCUT2D eigenvalue weighted by atomic mass is 10.2. The number of carbonyl (C=O) groups is 1. The second kappa shape index (κ2) is 8.26. The van der Waals surface area contributed by atoms with E-state index < -0.39 is 0 Å². The van der Waals surface area contributed by atoms with Crippen molar-refractivity contribution in [1.82, 2.24) is 9.97 Å². The molecule has 3 heterocycles. The number of hydrogen-bond acceptors (Lipinski definition) is 6. The molecule has 0 aliphatic carbocycles. The highest BCUT2D eigenvalue weighted by Crippen LogP contribution is 2.36. The molecular weight excluding hydrogens is 414 g/mol. The number of ether oxygens (including phenoxy) is 1. The molecule has 4 aromatic rings. The normalized spacial score (nSPS) is 10.9. The van der Waals surface area contributed by atoms with E-state index in [1.807, 2.05) is 37.3 Å². The molecule has 0 fully saturated rings. The summed E-state index contributed by atoms with van der Waals surface area (Å²) in [5.74, 6) is 0.587. The summed E-state index contributed by atoms with van der Waals surface area (Å²) in [6, 6.07) is 13.1. The second-order valence-electron chi connectivity index (χ2n) is 5.88. The zero-order valence-corrected chi connectivity index (χ0v) is 17.4. The van der Waals surface area contributed by atoms with Gasteiger partial charge in [-0.2, -0.15) is 0 Å². The minimum Gasteiger partial charge on any atom is -0.492 e. The third kappa shape index (κ3) is 3.87. The highest BCUT2D eigenvalue weighted by atomic mass is 35.5. The van der Waals surface area contributed by atoms with Crippen LogP contribution in [0.3, 0.4) is 0 Å². The van der Waals surface area contributed by atoms with E-state index in [9.17, 15) is 4.79 Å². The number of rotatable bonds is 6. The van der Waals surface area contributed by atoms with E-state index in [1.165, 1.54) is 22.7 Å². The van der Waals surface area contributed by atoms with Gasteiger partial charge in [-0.15, -0.1) is 11.3 Å². The van der Waals surface area contributed by atoms with Crippen molar-refractivity contribution in [2.24, 2.45) is 0 Å². The number of fused-ring (bicyclic) bond motifs is 1. The lowest BCUT2D eigenvalue weighted by Gasteiger charge is -2.19. The molecule has 0 spiro atoms. The van der Waals surface area contributed by atoms with Crippen LogP contribution in [0.15, 0.2) is 54.9 Å². The molecule has 0 N–H and O–H groups in total. The topological polar surface area (TPSA) is 55.3 Å². The van der Waals surface area contributed by atoms with E-state index in [0.717, 1.165) is 21.5 Å². The zero-order valence-electron chi connectivity index (χ0n) is 15.0. The van der Waals surface area contributed by atoms with Crippen LogP contribution in [0, 0.1) is 0 Å². The molecule has 5 nitrogen and oxygen atoms in total. The van der Waals surface area contributed by atoms with E-state index in [2.05, 4.69) is 4.98 Å². The molecule has 0 saturated heterocycles. The van der Waals surface area contributed by atoms with Crippen molar-refractivity contribution >= 4 is 55.5 Å². The van der Waals surface area contributed by atoms with E-state index in [1.54, 1.807) is 29.4 Å². The van der Waals surface area contributed by atoms with Crippen LogP contribution in [-0.2, 0) is 6.54 Å². The third-order valence-corrected chi connectivity index (χ3v) is 6.28. The summed E-state index contributed by atoms with van der Waals surface area (Å²) in [7, 11) is 0. The fraction of sp³-hybridized carbons (Fsp3) is 0.150. The molecule has 0 radical (unpaired) electrons. The maximum atomic E-state index is 13.2. The number of thiazole rings is 1. The van der Waals surface area contributed by atoms with Gasteiger partial charge in [-0.3, -0.25) is 14.7 Å². The van der Waals surface area contributed by atoms with Gasteiger partial charge in [-0.05, 0) is 48.9 Å². The Bertz CT molecular complexity index is 1110. The molecule has 8 heteroatoms. The predicted octanol–water partition coefficient (Wildman–Crippen LogP) is 5.65. The van der Waals surface area contributed by atoms with Crippen molar-refractivity contribution in [3.8, 4) is 5.75 Å². The standard InChI is InChI=1S/C20H16ClN3O2S2/c1-2-26-14-4-3-5-15-18(14)23-20(28-15)24(12-13-8-10-22-11-9-13)19(25)16-6-7-17(21)27-16/h3-11H,2,12H2,1H3. The van der Waals surface area contributed by atoms with Crippen LogP contribution in [0.4, 0.5) is 5.13 Å². The third-order valence-electron chi connectivity index (χ3n) is 4.02. The van der Waals surface area contributed by atoms with Crippen LogP contribution in [0.25, 0.3) is 10.2 Å². The highest BCUT2D eigenvalue weighted by molar-refractivity contribution is 7.22. The average Bonchev–Trinajstić information content (AvgIpc) is 3.33. The lowest BCUT2D eigenvalue weighted by molar-refractivity contribution is 0.0989. The second-order valence-corrected chi connectivity index (χ2v) is 8.61. The SMILES string of the molecule is CCOc1cccc2sc(N(Cc3ccncc3)C(=O)c3ccc(Cl)s3)nc12. The maximum Gasteiger partial charge on any atom is 0.270 e. The van der Waals surface area contributed by atoms with Crippen LogP contribution in [0.2, 0.25) is 4.34 Å². The summed E-state index contributed by atoms with van der Waals surface area (Å²) in [5.41, 5.74) is 1.73. The maximum absolute atomic E-state index is 13.2. The smallest absolute Gasteiger partial charge is 0.270 e. The molecule has 0 atom stereocenters. The van der Waals surface area contributed by atoms with Gasteiger partial charge >= 0.3 is 0 Å². The molecule has 0 unspecified atom stereocenters. The zero-order chi connectivity index (χ0) is 19.5. The Kier molecular flexibility index (Phi) is 5.57. The Morgan fingerprint density at radius 3 is 2.68 bits per heavy atom. The summed E-state index contributed by atoms with van der Waals surface area (Å²) in [5, 5.41) is 0.619. The van der Waals surface area contributed by atoms with Crippen molar-refractivity contribution in [2.45, 2.75) is 13.5 Å². The largest absolute Gasteiger partial charge is 0.492 e. The molecule has 1 amide bonds. The number of halogens is 1. The predicted molar refractivity (Wildman–Crippen MR) is 115 cm³/mol. The Hall–Kier alpha value is -2.48. The minimum atomic E-state index is -0.134. The molecular formula is C20H16ClN3O2S2. The Morgan fingerprint density at radius 2 is 1.96 bits per heavy atom. The minimum absolute atomic E-state index is 0.134. The summed E-state index contributed by atoms with van der Waals surface area (Å²) in [6.45, 7) is 2.88. The van der Waals surface area contributed by atoms with Crippen LogP contribution in [0.1, 0.15) is 22.2 Å². The van der Waals surface area contributed by atoms with Crippen LogP contribution in [0.5, 0.6) is 5.75 Å². The van der Waals surface area contributed by atoms with Gasteiger partial charge in [-0.1, -0.05) is 29.0 Å². The fourth-order valence-corrected chi connectivity index (χ4v) is 4.73. The fourth-order valence-electron chi connectivity index (χ4n) is 2.76. The lowest BCUT2D eigenvalue weighted by Crippen LogP contribution is -2.29. The number of hydrogen-bond donors (Lipinski definition) is 0. The number of nitrogens with zero attached hydrogens (tertiary/aromatic N) is 3. The van der Waals surface area contributed by atoms with Crippen LogP contribution < -0.4 is 9.64 Å². The summed E-state index contributed by atoms with van der Waals surface area (Å²) >= 11 is 8.77. The molecule has 1 aromatic carbocycles. The number of anilines is 1. The van der Waals surface area contributed by atoms with Crippen molar-refractivity contribution < 1.29 is 9.53 Å². The number of thiophene rings is 1. The van der Waals surface area contributed by atoms with Gasteiger partial charge in [0.25, 0.3) is 5.91 Å². The molecule has 0 bridgehead atoms. The van der Waals surface area contributed by atoms with E-state index in [-0.39, 0.29) is 5.91 Å². The molecule has 0 aliphatic heterocycles. The van der Waals surface area contributed by atoms with E-state index >= 15 is 0 Å². The molecule has 4 rings (SSSR count). The van der Waals surface area contributed by atoms with Gasteiger partial charge in [-0.25, -0.2) is 4.98 Å². The quantitative estimate of drug-likeness (QED) is 0.397. The summed E-state index contributed by atoms with van der Waals surface area (Å²) in [6.07, 6.45) is 3.43. The first kappa shape index (κ1) is 18.9. The number of carbonyl (C=O) groups excluding carboxylic acids is 1. The van der Waals surface area contributed by atoms with E-state index in [0.29, 0.717) is 27.5 Å².